The summed E-state index contributed by atoms with van der Waals surface area (Å²) in [6, 6.07) is 10.9. The van der Waals surface area contributed by atoms with Gasteiger partial charge in [-0.1, -0.05) is 44.2 Å². The fourth-order valence-corrected chi connectivity index (χ4v) is 2.58. The molecule has 0 bridgehead atoms. The normalized spacial score (nSPS) is 15.9. The Balaban J connectivity index is 2.86. The minimum atomic E-state index is -0.334. The maximum atomic E-state index is 10.1. The molecule has 3 heteroatoms. The van der Waals surface area contributed by atoms with Gasteiger partial charge in [0.2, 0.25) is 0 Å². The van der Waals surface area contributed by atoms with Gasteiger partial charge in [-0.3, -0.25) is 0 Å². The maximum Gasteiger partial charge on any atom is 0.0681 e. The molecule has 1 aromatic carbocycles. The molecule has 0 aliphatic carbocycles. The lowest BCUT2D eigenvalue weighted by Crippen LogP contribution is -2.48. The van der Waals surface area contributed by atoms with E-state index in [1.165, 1.54) is 5.56 Å². The van der Waals surface area contributed by atoms with E-state index in [1.807, 2.05) is 18.2 Å². The monoisotopic (exact) mass is 292 g/mol. The average molecular weight is 292 g/mol. The first-order chi connectivity index (χ1) is 10.1. The van der Waals surface area contributed by atoms with Crippen molar-refractivity contribution in [3.05, 3.63) is 35.9 Å². The number of benzene rings is 1. The molecule has 0 heterocycles. The first kappa shape index (κ1) is 18.1. The SMILES string of the molecule is CCCNC(CO)(CCN(C)C(C)CC)c1ccccc1. The minimum Gasteiger partial charge on any atom is -0.394 e. The van der Waals surface area contributed by atoms with Gasteiger partial charge in [-0.25, -0.2) is 0 Å². The van der Waals surface area contributed by atoms with Gasteiger partial charge in [0.25, 0.3) is 0 Å². The molecule has 0 aliphatic heterocycles. The van der Waals surface area contributed by atoms with Crippen LogP contribution in [-0.4, -0.2) is 42.8 Å². The third-order valence-electron chi connectivity index (χ3n) is 4.54. The van der Waals surface area contributed by atoms with E-state index in [0.717, 1.165) is 32.4 Å². The number of hydrogen-bond donors (Lipinski definition) is 2. The minimum absolute atomic E-state index is 0.130. The second kappa shape index (κ2) is 9.19. The summed E-state index contributed by atoms with van der Waals surface area (Å²) in [7, 11) is 2.17. The Morgan fingerprint density at radius 3 is 2.43 bits per heavy atom. The van der Waals surface area contributed by atoms with Crippen LogP contribution in [0, 0.1) is 0 Å². The Hall–Kier alpha value is -0.900. The van der Waals surface area contributed by atoms with Crippen molar-refractivity contribution in [3.63, 3.8) is 0 Å². The Bertz CT molecular complexity index is 382. The fourth-order valence-electron chi connectivity index (χ4n) is 2.58. The lowest BCUT2D eigenvalue weighted by atomic mass is 9.86. The summed E-state index contributed by atoms with van der Waals surface area (Å²) in [4.78, 5) is 2.38. The molecule has 2 atom stereocenters. The molecule has 0 spiro atoms. The van der Waals surface area contributed by atoms with Crippen LogP contribution in [-0.2, 0) is 5.54 Å². The summed E-state index contributed by atoms with van der Waals surface area (Å²) in [5.41, 5.74) is 0.845. The Kier molecular flexibility index (Phi) is 7.94. The van der Waals surface area contributed by atoms with E-state index in [1.54, 1.807) is 0 Å². The molecule has 3 nitrogen and oxygen atoms in total. The molecule has 2 unspecified atom stereocenters. The van der Waals surface area contributed by atoms with Gasteiger partial charge < -0.3 is 15.3 Å². The van der Waals surface area contributed by atoms with Crippen molar-refractivity contribution in [2.75, 3.05) is 26.7 Å². The molecule has 0 radical (unpaired) electrons. The number of hydrogen-bond acceptors (Lipinski definition) is 3. The van der Waals surface area contributed by atoms with Gasteiger partial charge in [-0.05, 0) is 45.3 Å². The molecular weight excluding hydrogens is 260 g/mol. The number of rotatable bonds is 10. The Morgan fingerprint density at radius 1 is 1.24 bits per heavy atom. The third kappa shape index (κ3) is 5.10. The maximum absolute atomic E-state index is 10.1. The Morgan fingerprint density at radius 2 is 1.90 bits per heavy atom. The molecule has 0 fully saturated rings. The van der Waals surface area contributed by atoms with Crippen molar-refractivity contribution >= 4 is 0 Å². The van der Waals surface area contributed by atoms with E-state index >= 15 is 0 Å². The summed E-state index contributed by atoms with van der Waals surface area (Å²) in [6.45, 7) is 8.65. The molecule has 0 saturated heterocycles. The van der Waals surface area contributed by atoms with Crippen LogP contribution in [0.15, 0.2) is 30.3 Å². The van der Waals surface area contributed by atoms with Crippen molar-refractivity contribution in [1.29, 1.82) is 0 Å². The summed E-state index contributed by atoms with van der Waals surface area (Å²) in [6.07, 6.45) is 3.13. The molecule has 1 aromatic rings. The highest BCUT2D eigenvalue weighted by Crippen LogP contribution is 2.25. The van der Waals surface area contributed by atoms with Gasteiger partial charge in [0.15, 0.2) is 0 Å². The second-order valence-corrected chi connectivity index (χ2v) is 6.02. The molecular formula is C18H32N2O. The van der Waals surface area contributed by atoms with E-state index < -0.39 is 0 Å². The van der Waals surface area contributed by atoms with Crippen LogP contribution in [0.2, 0.25) is 0 Å². The van der Waals surface area contributed by atoms with Crippen molar-refractivity contribution in [1.82, 2.24) is 10.2 Å². The van der Waals surface area contributed by atoms with Crippen molar-refractivity contribution < 1.29 is 5.11 Å². The van der Waals surface area contributed by atoms with Crippen LogP contribution < -0.4 is 5.32 Å². The van der Waals surface area contributed by atoms with Gasteiger partial charge in [0, 0.05) is 12.6 Å². The summed E-state index contributed by atoms with van der Waals surface area (Å²) in [5, 5.41) is 13.7. The van der Waals surface area contributed by atoms with Gasteiger partial charge in [0.1, 0.15) is 0 Å². The molecule has 1 rings (SSSR count). The van der Waals surface area contributed by atoms with Gasteiger partial charge in [0.05, 0.1) is 12.1 Å². The largest absolute Gasteiger partial charge is 0.394 e. The van der Waals surface area contributed by atoms with Gasteiger partial charge in [-0.15, -0.1) is 0 Å². The molecule has 0 aliphatic rings. The fraction of sp³-hybridized carbons (Fsp3) is 0.667. The van der Waals surface area contributed by atoms with Crippen LogP contribution in [0.1, 0.15) is 45.6 Å². The van der Waals surface area contributed by atoms with Crippen LogP contribution in [0.5, 0.6) is 0 Å². The third-order valence-corrected chi connectivity index (χ3v) is 4.54. The number of aliphatic hydroxyl groups is 1. The predicted octanol–water partition coefficient (Wildman–Crippen LogP) is 2.99. The highest BCUT2D eigenvalue weighted by molar-refractivity contribution is 5.24. The van der Waals surface area contributed by atoms with Gasteiger partial charge >= 0.3 is 0 Å². The predicted molar refractivity (Wildman–Crippen MR) is 90.5 cm³/mol. The van der Waals surface area contributed by atoms with Crippen LogP contribution >= 0.6 is 0 Å². The second-order valence-electron chi connectivity index (χ2n) is 6.02. The number of aliphatic hydroxyl groups excluding tert-OH is 1. The average Bonchev–Trinajstić information content (AvgIpc) is 2.55. The molecule has 0 aromatic heterocycles. The van der Waals surface area contributed by atoms with Crippen LogP contribution in [0.3, 0.4) is 0 Å². The smallest absolute Gasteiger partial charge is 0.0681 e. The highest BCUT2D eigenvalue weighted by atomic mass is 16.3. The zero-order valence-corrected chi connectivity index (χ0v) is 14.1. The lowest BCUT2D eigenvalue weighted by Gasteiger charge is -2.36. The van der Waals surface area contributed by atoms with Gasteiger partial charge in [-0.2, -0.15) is 0 Å². The number of nitrogens with one attached hydrogen (secondary N) is 1. The van der Waals surface area contributed by atoms with E-state index in [9.17, 15) is 5.11 Å². The first-order valence-electron chi connectivity index (χ1n) is 8.21. The summed E-state index contributed by atoms with van der Waals surface area (Å²) in [5.74, 6) is 0. The quantitative estimate of drug-likeness (QED) is 0.696. The molecule has 0 amide bonds. The zero-order chi connectivity index (χ0) is 15.7. The van der Waals surface area contributed by atoms with E-state index in [4.69, 9.17) is 0 Å². The molecule has 21 heavy (non-hydrogen) atoms. The molecule has 0 saturated carbocycles. The van der Waals surface area contributed by atoms with E-state index in [0.29, 0.717) is 6.04 Å². The molecule has 120 valence electrons. The standard InChI is InChI=1S/C18H32N2O/c1-5-13-19-18(15-21,17-10-8-7-9-11-17)12-14-20(4)16(3)6-2/h7-11,16,19,21H,5-6,12-15H2,1-4H3. The first-order valence-corrected chi connectivity index (χ1v) is 8.21. The van der Waals surface area contributed by atoms with Crippen molar-refractivity contribution in [3.8, 4) is 0 Å². The van der Waals surface area contributed by atoms with Crippen LogP contribution in [0.25, 0.3) is 0 Å². The highest BCUT2D eigenvalue weighted by Gasteiger charge is 2.31. The molecule has 2 N–H and O–H groups in total. The van der Waals surface area contributed by atoms with Crippen molar-refractivity contribution in [2.45, 2.75) is 51.6 Å². The topological polar surface area (TPSA) is 35.5 Å². The number of nitrogens with zero attached hydrogens (tertiary/aromatic N) is 1. The lowest BCUT2D eigenvalue weighted by molar-refractivity contribution is 0.128. The van der Waals surface area contributed by atoms with E-state index in [2.05, 4.69) is 50.2 Å². The zero-order valence-electron chi connectivity index (χ0n) is 14.1. The van der Waals surface area contributed by atoms with Crippen molar-refractivity contribution in [2.24, 2.45) is 0 Å². The Labute approximate surface area is 130 Å². The summed E-state index contributed by atoms with van der Waals surface area (Å²) < 4.78 is 0. The van der Waals surface area contributed by atoms with E-state index in [-0.39, 0.29) is 12.1 Å². The van der Waals surface area contributed by atoms with Crippen LogP contribution in [0.4, 0.5) is 0 Å². The summed E-state index contributed by atoms with van der Waals surface area (Å²) >= 11 is 0.